The van der Waals surface area contributed by atoms with Crippen LogP contribution in [0.15, 0.2) is 0 Å². The maximum atomic E-state index is 11.0. The molecule has 2 N–H and O–H groups in total. The Morgan fingerprint density at radius 1 is 1.43 bits per heavy atom. The normalized spacial score (nSPS) is 16.3. The number of likely N-dealkylation sites (N-methyl/N-ethyl adjacent to an activating group) is 1. The Morgan fingerprint density at radius 2 is 2.07 bits per heavy atom. The Morgan fingerprint density at radius 3 is 2.57 bits per heavy atom. The third-order valence-corrected chi connectivity index (χ3v) is 2.33. The first-order valence-corrected chi connectivity index (χ1v) is 4.80. The average Bonchev–Trinajstić information content (AvgIpc) is 2.01. The zero-order valence-electron chi connectivity index (χ0n) is 8.67. The van der Waals surface area contributed by atoms with Gasteiger partial charge in [-0.05, 0) is 7.05 Å². The lowest BCUT2D eigenvalue weighted by atomic mass is 10.0. The lowest BCUT2D eigenvalue weighted by Crippen LogP contribution is -2.53. The van der Waals surface area contributed by atoms with Crippen molar-refractivity contribution in [1.29, 1.82) is 0 Å². The molecule has 5 heteroatoms. The predicted octanol–water partition coefficient (Wildman–Crippen LogP) is -1.20. The molecule has 0 aliphatic carbocycles. The van der Waals surface area contributed by atoms with E-state index in [2.05, 4.69) is 10.6 Å². The molecule has 1 fully saturated rings. The molecule has 1 saturated heterocycles. The average molecular weight is 199 g/mol. The Labute approximate surface area is 83.8 Å². The predicted molar refractivity (Wildman–Crippen MR) is 52.7 cm³/mol. The third-order valence-electron chi connectivity index (χ3n) is 2.33. The van der Waals surface area contributed by atoms with Crippen molar-refractivity contribution in [2.75, 3.05) is 33.2 Å². The van der Waals surface area contributed by atoms with Gasteiger partial charge in [0.05, 0.1) is 6.54 Å². The van der Waals surface area contributed by atoms with Crippen molar-refractivity contribution in [3.05, 3.63) is 0 Å². The molecular formula is C9H17N3O2. The quantitative estimate of drug-likeness (QED) is 0.598. The van der Waals surface area contributed by atoms with E-state index in [9.17, 15) is 9.59 Å². The number of carbonyl (C=O) groups excluding carboxylic acids is 2. The summed E-state index contributed by atoms with van der Waals surface area (Å²) in [6.07, 6.45) is 0. The second-order valence-corrected chi connectivity index (χ2v) is 3.62. The summed E-state index contributed by atoms with van der Waals surface area (Å²) in [5.74, 6) is 0.552. The molecule has 1 heterocycles. The molecule has 0 aromatic heterocycles. The van der Waals surface area contributed by atoms with Crippen LogP contribution in [0.3, 0.4) is 0 Å². The smallest absolute Gasteiger partial charge is 0.233 e. The van der Waals surface area contributed by atoms with Gasteiger partial charge in [-0.3, -0.25) is 9.59 Å². The van der Waals surface area contributed by atoms with Gasteiger partial charge in [-0.1, -0.05) is 0 Å². The molecule has 5 nitrogen and oxygen atoms in total. The molecule has 0 radical (unpaired) electrons. The number of carbonyl (C=O) groups is 2. The summed E-state index contributed by atoms with van der Waals surface area (Å²) in [6.45, 7) is 4.13. The topological polar surface area (TPSA) is 61.4 Å². The van der Waals surface area contributed by atoms with Crippen LogP contribution in [0.1, 0.15) is 6.92 Å². The molecule has 1 aliphatic heterocycles. The summed E-state index contributed by atoms with van der Waals surface area (Å²) in [4.78, 5) is 23.7. The van der Waals surface area contributed by atoms with Crippen LogP contribution >= 0.6 is 0 Å². The van der Waals surface area contributed by atoms with Gasteiger partial charge in [0, 0.05) is 32.5 Å². The fraction of sp³-hybridized carbons (Fsp3) is 0.778. The molecule has 0 bridgehead atoms. The van der Waals surface area contributed by atoms with E-state index in [0.717, 1.165) is 13.1 Å². The minimum absolute atomic E-state index is 0.00813. The van der Waals surface area contributed by atoms with Gasteiger partial charge in [0.25, 0.3) is 0 Å². The zero-order valence-corrected chi connectivity index (χ0v) is 8.67. The van der Waals surface area contributed by atoms with Gasteiger partial charge in [0.1, 0.15) is 0 Å². The van der Waals surface area contributed by atoms with Crippen LogP contribution in [0.2, 0.25) is 0 Å². The van der Waals surface area contributed by atoms with Crippen LogP contribution in [0.25, 0.3) is 0 Å². The van der Waals surface area contributed by atoms with E-state index in [0.29, 0.717) is 19.0 Å². The van der Waals surface area contributed by atoms with Crippen molar-refractivity contribution < 1.29 is 9.59 Å². The molecule has 1 aliphatic rings. The number of nitrogens with zero attached hydrogens (tertiary/aromatic N) is 1. The van der Waals surface area contributed by atoms with Crippen molar-refractivity contribution in [3.8, 4) is 0 Å². The number of likely N-dealkylation sites (tertiary alicyclic amines) is 1. The van der Waals surface area contributed by atoms with E-state index in [1.807, 2.05) is 0 Å². The lowest BCUT2D eigenvalue weighted by Gasteiger charge is -2.38. The molecule has 0 atom stereocenters. The summed E-state index contributed by atoms with van der Waals surface area (Å²) in [5.41, 5.74) is 0. The van der Waals surface area contributed by atoms with E-state index in [1.165, 1.54) is 0 Å². The van der Waals surface area contributed by atoms with Gasteiger partial charge in [0.15, 0.2) is 0 Å². The Bertz CT molecular complexity index is 224. The summed E-state index contributed by atoms with van der Waals surface area (Å²) in [7, 11) is 1.74. The Hall–Kier alpha value is -1.10. The highest BCUT2D eigenvalue weighted by Crippen LogP contribution is 2.13. The summed E-state index contributed by atoms with van der Waals surface area (Å²) in [6, 6.07) is 0. The van der Waals surface area contributed by atoms with E-state index in [4.69, 9.17) is 0 Å². The summed E-state index contributed by atoms with van der Waals surface area (Å²) >= 11 is 0. The van der Waals surface area contributed by atoms with Crippen molar-refractivity contribution >= 4 is 11.8 Å². The number of rotatable bonds is 4. The minimum atomic E-state index is 0.00813. The monoisotopic (exact) mass is 199 g/mol. The Kier molecular flexibility index (Phi) is 3.88. The van der Waals surface area contributed by atoms with Crippen molar-refractivity contribution in [1.82, 2.24) is 15.5 Å². The maximum absolute atomic E-state index is 11.0. The molecule has 0 aromatic rings. The zero-order chi connectivity index (χ0) is 10.6. The van der Waals surface area contributed by atoms with Crippen molar-refractivity contribution in [2.45, 2.75) is 6.92 Å². The third kappa shape index (κ3) is 2.99. The van der Waals surface area contributed by atoms with E-state index in [-0.39, 0.29) is 11.8 Å². The van der Waals surface area contributed by atoms with Gasteiger partial charge in [-0.25, -0.2) is 0 Å². The molecule has 1 rings (SSSR count). The van der Waals surface area contributed by atoms with Gasteiger partial charge < -0.3 is 15.5 Å². The van der Waals surface area contributed by atoms with Crippen LogP contribution in [0.5, 0.6) is 0 Å². The molecular weight excluding hydrogens is 182 g/mol. The maximum Gasteiger partial charge on any atom is 0.233 e. The van der Waals surface area contributed by atoms with E-state index < -0.39 is 0 Å². The molecule has 14 heavy (non-hydrogen) atoms. The largest absolute Gasteiger partial charge is 0.355 e. The lowest BCUT2D eigenvalue weighted by molar-refractivity contribution is -0.135. The number of amides is 2. The number of hydrogen-bond donors (Lipinski definition) is 2. The molecule has 0 aromatic carbocycles. The van der Waals surface area contributed by atoms with E-state index in [1.54, 1.807) is 18.9 Å². The first-order valence-electron chi connectivity index (χ1n) is 4.80. The van der Waals surface area contributed by atoms with Gasteiger partial charge in [-0.2, -0.15) is 0 Å². The molecule has 2 amide bonds. The standard InChI is InChI=1S/C9H17N3O2/c1-7(13)12-5-8(6-12)3-11-9(14)4-10-2/h8,10H,3-6H2,1-2H3,(H,11,14). The van der Waals surface area contributed by atoms with E-state index >= 15 is 0 Å². The number of hydrogen-bond acceptors (Lipinski definition) is 3. The fourth-order valence-electron chi connectivity index (χ4n) is 1.44. The molecule has 0 unspecified atom stereocenters. The van der Waals surface area contributed by atoms with Crippen molar-refractivity contribution in [2.24, 2.45) is 5.92 Å². The molecule has 80 valence electrons. The van der Waals surface area contributed by atoms with Gasteiger partial charge in [-0.15, -0.1) is 0 Å². The summed E-state index contributed by atoms with van der Waals surface area (Å²) in [5, 5.41) is 5.58. The van der Waals surface area contributed by atoms with Crippen LogP contribution < -0.4 is 10.6 Å². The second kappa shape index (κ2) is 4.95. The summed E-state index contributed by atoms with van der Waals surface area (Å²) < 4.78 is 0. The highest BCUT2D eigenvalue weighted by Gasteiger charge is 2.28. The highest BCUT2D eigenvalue weighted by atomic mass is 16.2. The minimum Gasteiger partial charge on any atom is -0.355 e. The van der Waals surface area contributed by atoms with Crippen LogP contribution in [0, 0.1) is 5.92 Å². The first kappa shape index (κ1) is 11.0. The highest BCUT2D eigenvalue weighted by molar-refractivity contribution is 5.78. The van der Waals surface area contributed by atoms with Gasteiger partial charge >= 0.3 is 0 Å². The Balaban J connectivity index is 2.06. The second-order valence-electron chi connectivity index (χ2n) is 3.62. The van der Waals surface area contributed by atoms with Crippen molar-refractivity contribution in [3.63, 3.8) is 0 Å². The van der Waals surface area contributed by atoms with Crippen LogP contribution in [-0.4, -0.2) is 49.9 Å². The van der Waals surface area contributed by atoms with Crippen LogP contribution in [0.4, 0.5) is 0 Å². The SMILES string of the molecule is CNCC(=O)NCC1CN(C(C)=O)C1. The molecule has 0 spiro atoms. The van der Waals surface area contributed by atoms with Crippen LogP contribution in [-0.2, 0) is 9.59 Å². The fourth-order valence-corrected chi connectivity index (χ4v) is 1.44. The number of nitrogens with one attached hydrogen (secondary N) is 2. The van der Waals surface area contributed by atoms with Gasteiger partial charge in [0.2, 0.25) is 11.8 Å². The molecule has 0 saturated carbocycles. The first-order chi connectivity index (χ1) is 6.63.